The van der Waals surface area contributed by atoms with Gasteiger partial charge >= 0.3 is 0 Å². The molecule has 0 aliphatic carbocycles. The summed E-state index contributed by atoms with van der Waals surface area (Å²) in [6, 6.07) is 7.09. The molecule has 0 fully saturated rings. The Hall–Kier alpha value is -2.01. The molecule has 0 spiro atoms. The van der Waals surface area contributed by atoms with E-state index in [1.807, 2.05) is 13.0 Å². The van der Waals surface area contributed by atoms with Gasteiger partial charge in [0.1, 0.15) is 6.61 Å². The molecular weight excluding hydrogens is 234 g/mol. The van der Waals surface area contributed by atoms with Gasteiger partial charge in [-0.25, -0.2) is 0 Å². The van der Waals surface area contributed by atoms with Crippen molar-refractivity contribution in [2.45, 2.75) is 20.1 Å². The van der Waals surface area contributed by atoms with Crippen molar-refractivity contribution in [1.29, 1.82) is 0 Å². The van der Waals surface area contributed by atoms with Gasteiger partial charge in [0, 0.05) is 6.07 Å². The molecule has 96 valence electrons. The van der Waals surface area contributed by atoms with Crippen molar-refractivity contribution in [2.24, 2.45) is 0 Å². The van der Waals surface area contributed by atoms with Gasteiger partial charge in [-0.05, 0) is 24.6 Å². The maximum Gasteiger partial charge on any atom is 0.174 e. The number of rotatable bonds is 5. The first kappa shape index (κ1) is 12.4. The second-order valence-corrected chi connectivity index (χ2v) is 3.87. The van der Waals surface area contributed by atoms with Crippen molar-refractivity contribution in [3.05, 3.63) is 41.3 Å². The Kier molecular flexibility index (Phi) is 3.84. The van der Waals surface area contributed by atoms with Gasteiger partial charge in [-0.15, -0.1) is 0 Å². The minimum absolute atomic E-state index is 0.0298. The van der Waals surface area contributed by atoms with Crippen LogP contribution in [0.25, 0.3) is 0 Å². The van der Waals surface area contributed by atoms with Crippen LogP contribution in [0.1, 0.15) is 17.0 Å². The third-order valence-corrected chi connectivity index (χ3v) is 2.46. The average molecular weight is 249 g/mol. The molecule has 1 heterocycles. The Morgan fingerprint density at radius 1 is 1.28 bits per heavy atom. The highest BCUT2D eigenvalue weighted by atomic mass is 16.5. The number of aryl methyl sites for hydroxylation is 1. The van der Waals surface area contributed by atoms with Gasteiger partial charge in [0.25, 0.3) is 0 Å². The van der Waals surface area contributed by atoms with Crippen molar-refractivity contribution in [1.82, 2.24) is 5.16 Å². The van der Waals surface area contributed by atoms with E-state index >= 15 is 0 Å². The molecule has 0 aliphatic heterocycles. The minimum atomic E-state index is -0.0298. The Morgan fingerprint density at radius 2 is 2.11 bits per heavy atom. The Balaban J connectivity index is 2.08. The first-order chi connectivity index (χ1) is 8.72. The molecule has 1 aromatic heterocycles. The van der Waals surface area contributed by atoms with Crippen LogP contribution in [0.15, 0.2) is 28.8 Å². The number of nitrogens with zero attached hydrogens (tertiary/aromatic N) is 1. The average Bonchev–Trinajstić information content (AvgIpc) is 2.82. The van der Waals surface area contributed by atoms with E-state index in [-0.39, 0.29) is 13.2 Å². The third-order valence-electron chi connectivity index (χ3n) is 2.46. The Labute approximate surface area is 105 Å². The molecule has 5 nitrogen and oxygen atoms in total. The Morgan fingerprint density at radius 3 is 2.72 bits per heavy atom. The van der Waals surface area contributed by atoms with Crippen molar-refractivity contribution < 1.29 is 19.1 Å². The smallest absolute Gasteiger partial charge is 0.174 e. The third kappa shape index (κ3) is 2.81. The van der Waals surface area contributed by atoms with Crippen LogP contribution in [0.4, 0.5) is 0 Å². The van der Waals surface area contributed by atoms with Gasteiger partial charge in [-0.1, -0.05) is 11.2 Å². The van der Waals surface area contributed by atoms with E-state index in [2.05, 4.69) is 5.16 Å². The summed E-state index contributed by atoms with van der Waals surface area (Å²) in [5, 5.41) is 12.8. The lowest BCUT2D eigenvalue weighted by Gasteiger charge is -2.10. The van der Waals surface area contributed by atoms with Crippen molar-refractivity contribution in [3.8, 4) is 11.5 Å². The summed E-state index contributed by atoms with van der Waals surface area (Å²) in [5.74, 6) is 1.84. The molecule has 2 rings (SSSR count). The topological polar surface area (TPSA) is 64.7 Å². The molecule has 1 aromatic carbocycles. The lowest BCUT2D eigenvalue weighted by molar-refractivity contribution is 0.238. The Bertz CT molecular complexity index is 521. The van der Waals surface area contributed by atoms with E-state index in [1.54, 1.807) is 25.3 Å². The summed E-state index contributed by atoms with van der Waals surface area (Å²) in [6.07, 6.45) is 0. The second-order valence-electron chi connectivity index (χ2n) is 3.87. The summed E-state index contributed by atoms with van der Waals surface area (Å²) in [6.45, 7) is 2.11. The maximum atomic E-state index is 9.04. The number of aliphatic hydroxyl groups is 1. The number of hydrogen-bond donors (Lipinski definition) is 1. The summed E-state index contributed by atoms with van der Waals surface area (Å²) in [5.41, 5.74) is 1.59. The SMILES string of the molecule is COc1cc(CO)ccc1OCc1cc(C)no1. The number of benzene rings is 1. The van der Waals surface area contributed by atoms with E-state index < -0.39 is 0 Å². The molecule has 0 atom stereocenters. The normalized spacial score (nSPS) is 10.4. The summed E-state index contributed by atoms with van der Waals surface area (Å²) < 4.78 is 15.8. The number of aromatic nitrogens is 1. The van der Waals surface area contributed by atoms with Gasteiger partial charge in [0.2, 0.25) is 0 Å². The van der Waals surface area contributed by atoms with E-state index in [1.165, 1.54) is 0 Å². The van der Waals surface area contributed by atoms with Crippen molar-refractivity contribution >= 4 is 0 Å². The van der Waals surface area contributed by atoms with Gasteiger partial charge in [0.15, 0.2) is 17.3 Å². The molecule has 1 N–H and O–H groups in total. The predicted molar refractivity (Wildman–Crippen MR) is 64.5 cm³/mol. The first-order valence-electron chi connectivity index (χ1n) is 5.55. The van der Waals surface area contributed by atoms with Crippen LogP contribution in [0.3, 0.4) is 0 Å². The van der Waals surface area contributed by atoms with Gasteiger partial charge in [0.05, 0.1) is 19.4 Å². The first-order valence-corrected chi connectivity index (χ1v) is 5.55. The van der Waals surface area contributed by atoms with Crippen LogP contribution in [0, 0.1) is 6.92 Å². The molecule has 0 radical (unpaired) electrons. The van der Waals surface area contributed by atoms with Gasteiger partial charge < -0.3 is 19.1 Å². The number of aliphatic hydroxyl groups excluding tert-OH is 1. The number of hydrogen-bond acceptors (Lipinski definition) is 5. The highest BCUT2D eigenvalue weighted by molar-refractivity contribution is 5.42. The van der Waals surface area contributed by atoms with Crippen LogP contribution in [0.2, 0.25) is 0 Å². The molecule has 0 saturated heterocycles. The van der Waals surface area contributed by atoms with E-state index in [9.17, 15) is 0 Å². The molecule has 18 heavy (non-hydrogen) atoms. The lowest BCUT2D eigenvalue weighted by atomic mass is 10.2. The second kappa shape index (κ2) is 5.55. The van der Waals surface area contributed by atoms with Crippen LogP contribution in [-0.2, 0) is 13.2 Å². The summed E-state index contributed by atoms with van der Waals surface area (Å²) in [7, 11) is 1.56. The largest absolute Gasteiger partial charge is 0.493 e. The van der Waals surface area contributed by atoms with Crippen molar-refractivity contribution in [3.63, 3.8) is 0 Å². The molecule has 0 saturated carbocycles. The number of ether oxygens (including phenoxy) is 2. The highest BCUT2D eigenvalue weighted by Crippen LogP contribution is 2.28. The van der Waals surface area contributed by atoms with Crippen LogP contribution in [-0.4, -0.2) is 17.4 Å². The summed E-state index contributed by atoms with van der Waals surface area (Å²) >= 11 is 0. The van der Waals surface area contributed by atoms with Crippen LogP contribution < -0.4 is 9.47 Å². The minimum Gasteiger partial charge on any atom is -0.493 e. The zero-order chi connectivity index (χ0) is 13.0. The highest BCUT2D eigenvalue weighted by Gasteiger charge is 2.07. The fraction of sp³-hybridized carbons (Fsp3) is 0.308. The monoisotopic (exact) mass is 249 g/mol. The maximum absolute atomic E-state index is 9.04. The molecule has 0 unspecified atom stereocenters. The van der Waals surface area contributed by atoms with E-state index in [0.29, 0.717) is 17.3 Å². The van der Waals surface area contributed by atoms with Crippen molar-refractivity contribution in [2.75, 3.05) is 7.11 Å². The summed E-state index contributed by atoms with van der Waals surface area (Å²) in [4.78, 5) is 0. The predicted octanol–water partition coefficient (Wildman–Crippen LogP) is 2.06. The fourth-order valence-electron chi connectivity index (χ4n) is 1.56. The fourth-order valence-corrected chi connectivity index (χ4v) is 1.56. The van der Waals surface area contributed by atoms with E-state index in [4.69, 9.17) is 19.1 Å². The standard InChI is InChI=1S/C13H15NO4/c1-9-5-11(18-14-9)8-17-12-4-3-10(7-15)6-13(12)16-2/h3-6,15H,7-8H2,1-2H3. The van der Waals surface area contributed by atoms with Crippen LogP contribution >= 0.6 is 0 Å². The van der Waals surface area contributed by atoms with E-state index in [0.717, 1.165) is 11.3 Å². The van der Waals surface area contributed by atoms with Crippen LogP contribution in [0.5, 0.6) is 11.5 Å². The zero-order valence-corrected chi connectivity index (χ0v) is 10.3. The quantitative estimate of drug-likeness (QED) is 0.878. The van der Waals surface area contributed by atoms with Gasteiger partial charge in [-0.3, -0.25) is 0 Å². The zero-order valence-electron chi connectivity index (χ0n) is 10.3. The molecule has 0 amide bonds. The molecular formula is C13H15NO4. The molecule has 2 aromatic rings. The van der Waals surface area contributed by atoms with Gasteiger partial charge in [-0.2, -0.15) is 0 Å². The molecule has 5 heteroatoms. The number of methoxy groups -OCH3 is 1. The lowest BCUT2D eigenvalue weighted by Crippen LogP contribution is -1.97. The molecule has 0 aliphatic rings. The molecule has 0 bridgehead atoms.